The number of sulfone groups is 1. The van der Waals surface area contributed by atoms with Crippen LogP contribution in [0.1, 0.15) is 55.8 Å². The number of aromatic nitrogens is 1. The van der Waals surface area contributed by atoms with Gasteiger partial charge in [0.05, 0.1) is 20.5 Å². The number of ether oxygens (including phenoxy) is 1. The number of aryl methyl sites for hydroxylation is 1. The Morgan fingerprint density at radius 3 is 2.56 bits per heavy atom. The lowest BCUT2D eigenvalue weighted by molar-refractivity contribution is -0.151. The number of halogens is 1. The fourth-order valence-electron chi connectivity index (χ4n) is 4.54. The van der Waals surface area contributed by atoms with Crippen molar-refractivity contribution in [3.05, 3.63) is 64.8 Å². The summed E-state index contributed by atoms with van der Waals surface area (Å²) in [5.74, 6) is -0.487. The van der Waals surface area contributed by atoms with Crippen LogP contribution in [0.3, 0.4) is 0 Å². The molecular formula is C28H32ClN3O5S2. The van der Waals surface area contributed by atoms with Gasteiger partial charge in [-0.3, -0.25) is 4.79 Å². The van der Waals surface area contributed by atoms with Gasteiger partial charge in [-0.1, -0.05) is 59.3 Å². The molecule has 2 aromatic carbocycles. The summed E-state index contributed by atoms with van der Waals surface area (Å²) in [6.45, 7) is 2.25. The predicted octanol–water partition coefficient (Wildman–Crippen LogP) is 5.71. The third kappa shape index (κ3) is 7.88. The number of esters is 1. The third-order valence-corrected chi connectivity index (χ3v) is 9.22. The van der Waals surface area contributed by atoms with E-state index in [1.165, 1.54) is 17.4 Å². The van der Waals surface area contributed by atoms with E-state index in [9.17, 15) is 18.0 Å². The van der Waals surface area contributed by atoms with E-state index in [-0.39, 0.29) is 34.3 Å². The molecule has 1 aliphatic rings. The highest BCUT2D eigenvalue weighted by molar-refractivity contribution is 7.90. The fraction of sp³-hybridized carbons (Fsp3) is 0.393. The van der Waals surface area contributed by atoms with E-state index in [1.807, 2.05) is 30.3 Å². The third-order valence-electron chi connectivity index (χ3n) is 6.52. The molecular weight excluding hydrogens is 558 g/mol. The second-order valence-electron chi connectivity index (χ2n) is 9.64. The molecule has 1 aliphatic carbocycles. The number of thiazole rings is 1. The van der Waals surface area contributed by atoms with E-state index >= 15 is 0 Å². The van der Waals surface area contributed by atoms with E-state index in [0.29, 0.717) is 29.4 Å². The van der Waals surface area contributed by atoms with Gasteiger partial charge < -0.3 is 15.4 Å². The molecule has 39 heavy (non-hydrogen) atoms. The Balaban J connectivity index is 1.32. The summed E-state index contributed by atoms with van der Waals surface area (Å²) in [7, 11) is -3.49. The predicted molar refractivity (Wildman–Crippen MR) is 154 cm³/mol. The molecule has 2 N–H and O–H groups in total. The minimum Gasteiger partial charge on any atom is -0.461 e. The molecule has 11 heteroatoms. The molecule has 1 amide bonds. The number of carbonyl (C=O) groups excluding carboxylic acids is 2. The SMILES string of the molecule is Cc1nc(NC(=O)CCCN[C@H](C(=O)OC2CCCC2)c2ccccc2)sc1-c1ccc(Cl)c(S(C)(=O)=O)c1. The number of benzene rings is 2. The van der Waals surface area contributed by atoms with Crippen LogP contribution >= 0.6 is 22.9 Å². The number of rotatable bonds is 11. The summed E-state index contributed by atoms with van der Waals surface area (Å²) in [5, 5.41) is 6.67. The van der Waals surface area contributed by atoms with Gasteiger partial charge in [0.25, 0.3) is 0 Å². The number of hydrogen-bond donors (Lipinski definition) is 2. The highest BCUT2D eigenvalue weighted by Gasteiger charge is 2.26. The van der Waals surface area contributed by atoms with E-state index in [1.54, 1.807) is 19.1 Å². The van der Waals surface area contributed by atoms with E-state index in [4.69, 9.17) is 16.3 Å². The van der Waals surface area contributed by atoms with Crippen LogP contribution in [0.25, 0.3) is 10.4 Å². The van der Waals surface area contributed by atoms with E-state index in [0.717, 1.165) is 42.4 Å². The molecule has 208 valence electrons. The number of amides is 1. The highest BCUT2D eigenvalue weighted by Crippen LogP contribution is 2.35. The van der Waals surface area contributed by atoms with Gasteiger partial charge >= 0.3 is 5.97 Å². The molecule has 1 aromatic heterocycles. The van der Waals surface area contributed by atoms with Crippen LogP contribution in [-0.2, 0) is 24.2 Å². The monoisotopic (exact) mass is 589 g/mol. The maximum atomic E-state index is 12.9. The fourth-order valence-corrected chi connectivity index (χ4v) is 6.83. The zero-order valence-electron chi connectivity index (χ0n) is 21.9. The molecule has 0 bridgehead atoms. The van der Waals surface area contributed by atoms with Crippen LogP contribution in [0.5, 0.6) is 0 Å². The van der Waals surface area contributed by atoms with Gasteiger partial charge in [0.2, 0.25) is 5.91 Å². The minimum absolute atomic E-state index is 0.0197. The first kappa shape index (κ1) is 29.2. The number of nitrogens with zero attached hydrogens (tertiary/aromatic N) is 1. The average Bonchev–Trinajstić information content (AvgIpc) is 3.53. The molecule has 1 saturated carbocycles. The summed E-state index contributed by atoms with van der Waals surface area (Å²) in [6.07, 6.45) is 5.81. The molecule has 0 unspecified atom stereocenters. The number of hydrogen-bond acceptors (Lipinski definition) is 8. The molecule has 1 fully saturated rings. The number of carbonyl (C=O) groups is 2. The van der Waals surface area contributed by atoms with Crippen molar-refractivity contribution in [2.45, 2.75) is 62.5 Å². The zero-order chi connectivity index (χ0) is 28.0. The Labute approximate surface area is 238 Å². The van der Waals surface area contributed by atoms with Crippen molar-refractivity contribution in [2.24, 2.45) is 0 Å². The smallest absolute Gasteiger partial charge is 0.328 e. The quantitative estimate of drug-likeness (QED) is 0.217. The molecule has 1 atom stereocenters. The van der Waals surface area contributed by atoms with E-state index in [2.05, 4.69) is 15.6 Å². The van der Waals surface area contributed by atoms with Gasteiger partial charge in [-0.25, -0.2) is 18.2 Å². The molecule has 8 nitrogen and oxygen atoms in total. The summed E-state index contributed by atoms with van der Waals surface area (Å²) < 4.78 is 29.8. The van der Waals surface area contributed by atoms with Crippen LogP contribution in [0.2, 0.25) is 5.02 Å². The summed E-state index contributed by atoms with van der Waals surface area (Å²) in [5.41, 5.74) is 2.16. The molecule has 0 spiro atoms. The van der Waals surface area contributed by atoms with E-state index < -0.39 is 15.9 Å². The summed E-state index contributed by atoms with van der Waals surface area (Å²) in [6, 6.07) is 13.7. The van der Waals surface area contributed by atoms with Gasteiger partial charge in [-0.05, 0) is 68.8 Å². The second kappa shape index (κ2) is 13.0. The Kier molecular flexibility index (Phi) is 9.76. The lowest BCUT2D eigenvalue weighted by atomic mass is 10.1. The van der Waals surface area contributed by atoms with Crippen LogP contribution in [0, 0.1) is 6.92 Å². The Morgan fingerprint density at radius 1 is 1.15 bits per heavy atom. The molecule has 4 rings (SSSR count). The first-order valence-electron chi connectivity index (χ1n) is 12.9. The van der Waals surface area contributed by atoms with Crippen molar-refractivity contribution in [3.8, 4) is 10.4 Å². The molecule has 1 heterocycles. The lowest BCUT2D eigenvalue weighted by Crippen LogP contribution is -2.33. The first-order valence-corrected chi connectivity index (χ1v) is 16.0. The lowest BCUT2D eigenvalue weighted by Gasteiger charge is -2.20. The number of anilines is 1. The topological polar surface area (TPSA) is 114 Å². The number of nitrogens with one attached hydrogen (secondary N) is 2. The van der Waals surface area contributed by atoms with Gasteiger partial charge in [-0.2, -0.15) is 0 Å². The van der Waals surface area contributed by atoms with Crippen LogP contribution in [0.15, 0.2) is 53.4 Å². The zero-order valence-corrected chi connectivity index (χ0v) is 24.3. The van der Waals surface area contributed by atoms with Crippen molar-refractivity contribution < 1.29 is 22.7 Å². The largest absolute Gasteiger partial charge is 0.461 e. The average molecular weight is 590 g/mol. The van der Waals surface area contributed by atoms with Crippen molar-refractivity contribution in [1.82, 2.24) is 10.3 Å². The Morgan fingerprint density at radius 2 is 1.87 bits per heavy atom. The maximum Gasteiger partial charge on any atom is 0.328 e. The van der Waals surface area contributed by atoms with Gasteiger partial charge in [-0.15, -0.1) is 0 Å². The van der Waals surface area contributed by atoms with Gasteiger partial charge in [0.15, 0.2) is 15.0 Å². The maximum absolute atomic E-state index is 12.9. The summed E-state index contributed by atoms with van der Waals surface area (Å²) >= 11 is 7.34. The van der Waals surface area contributed by atoms with Crippen LogP contribution in [-0.4, -0.2) is 44.2 Å². The molecule has 0 radical (unpaired) electrons. The second-order valence-corrected chi connectivity index (χ2v) is 13.0. The minimum atomic E-state index is -3.49. The van der Waals surface area contributed by atoms with Crippen molar-refractivity contribution >= 4 is 49.8 Å². The molecule has 3 aromatic rings. The summed E-state index contributed by atoms with van der Waals surface area (Å²) in [4.78, 5) is 30.8. The van der Waals surface area contributed by atoms with Crippen LogP contribution < -0.4 is 10.6 Å². The van der Waals surface area contributed by atoms with Gasteiger partial charge in [0, 0.05) is 12.7 Å². The Hall–Kier alpha value is -2.79. The van der Waals surface area contributed by atoms with Gasteiger partial charge in [0.1, 0.15) is 12.1 Å². The Bertz CT molecular complexity index is 1420. The molecule has 0 saturated heterocycles. The normalized spacial score (nSPS) is 14.7. The van der Waals surface area contributed by atoms with Crippen molar-refractivity contribution in [1.29, 1.82) is 0 Å². The molecule has 0 aliphatic heterocycles. The highest BCUT2D eigenvalue weighted by atomic mass is 35.5. The standard InChI is InChI=1S/C28H32ClN3O5S2/c1-18-26(20-14-15-22(29)23(17-20)39(2,35)36)38-28(31-18)32-24(33)13-8-16-30-25(19-9-4-3-5-10-19)27(34)37-21-11-6-7-12-21/h3-5,9-10,14-15,17,21,25,30H,6-8,11-13,16H2,1-2H3,(H,31,32,33)/t25-/m0/s1. The van der Waals surface area contributed by atoms with Crippen molar-refractivity contribution in [3.63, 3.8) is 0 Å². The first-order chi connectivity index (χ1) is 18.6. The van der Waals surface area contributed by atoms with Crippen molar-refractivity contribution in [2.75, 3.05) is 18.1 Å². The van der Waals surface area contributed by atoms with Crippen LogP contribution in [0.4, 0.5) is 5.13 Å².